The van der Waals surface area contributed by atoms with Crippen molar-refractivity contribution in [2.24, 2.45) is 5.73 Å². The molecule has 1 atom stereocenters. The quantitative estimate of drug-likeness (QED) is 0.871. The predicted molar refractivity (Wildman–Crippen MR) is 88.7 cm³/mol. The van der Waals surface area contributed by atoms with E-state index in [0.29, 0.717) is 0 Å². The second-order valence-electron chi connectivity index (χ2n) is 5.97. The first-order valence-electron chi connectivity index (χ1n) is 8.02. The molecule has 1 heterocycles. The summed E-state index contributed by atoms with van der Waals surface area (Å²) in [6.45, 7) is 12.0. The van der Waals surface area contributed by atoms with Crippen LogP contribution in [0.2, 0.25) is 0 Å². The fraction of sp³-hybridized carbons (Fsp3) is 0.647. The maximum absolute atomic E-state index is 6.53. The fourth-order valence-corrected chi connectivity index (χ4v) is 3.01. The Kier molecular flexibility index (Phi) is 5.62. The first-order valence-corrected chi connectivity index (χ1v) is 8.02. The van der Waals surface area contributed by atoms with Crippen molar-refractivity contribution in [1.29, 1.82) is 0 Å². The first-order chi connectivity index (χ1) is 10.1. The van der Waals surface area contributed by atoms with Crippen molar-refractivity contribution in [3.05, 3.63) is 29.8 Å². The molecule has 1 aliphatic heterocycles. The van der Waals surface area contributed by atoms with Crippen LogP contribution >= 0.6 is 0 Å². The Morgan fingerprint density at radius 1 is 1.14 bits per heavy atom. The molecule has 1 aliphatic rings. The maximum atomic E-state index is 6.53. The molecule has 2 N–H and O–H groups in total. The Bertz CT molecular complexity index is 420. The van der Waals surface area contributed by atoms with E-state index in [9.17, 15) is 0 Å². The minimum atomic E-state index is -0.305. The van der Waals surface area contributed by atoms with Gasteiger partial charge in [0, 0.05) is 38.3 Å². The summed E-state index contributed by atoms with van der Waals surface area (Å²) in [7, 11) is 0. The van der Waals surface area contributed by atoms with Crippen LogP contribution in [0.25, 0.3) is 0 Å². The van der Waals surface area contributed by atoms with E-state index in [2.05, 4.69) is 54.8 Å². The fourth-order valence-electron chi connectivity index (χ4n) is 3.01. The molecule has 0 aromatic heterocycles. The number of nitrogens with zero attached hydrogens (tertiary/aromatic N) is 2. The highest BCUT2D eigenvalue weighted by Gasteiger charge is 2.28. The van der Waals surface area contributed by atoms with Gasteiger partial charge in [-0.15, -0.1) is 0 Å². The molecule has 2 rings (SSSR count). The molecule has 4 nitrogen and oxygen atoms in total. The molecule has 1 saturated heterocycles. The second-order valence-corrected chi connectivity index (χ2v) is 5.97. The van der Waals surface area contributed by atoms with Gasteiger partial charge in [0.1, 0.15) is 0 Å². The highest BCUT2D eigenvalue weighted by atomic mass is 16.5. The molecule has 0 spiro atoms. The lowest BCUT2D eigenvalue weighted by Gasteiger charge is -2.40. The average molecular weight is 291 g/mol. The maximum Gasteiger partial charge on any atom is 0.0701 e. The Hall–Kier alpha value is -1.10. The van der Waals surface area contributed by atoms with Gasteiger partial charge in [-0.2, -0.15) is 0 Å². The highest BCUT2D eigenvalue weighted by Crippen LogP contribution is 2.20. The summed E-state index contributed by atoms with van der Waals surface area (Å²) in [5.41, 5.74) is 8.81. The second kappa shape index (κ2) is 7.25. The summed E-state index contributed by atoms with van der Waals surface area (Å²) in [6, 6.07) is 8.83. The standard InChI is InChI=1S/C17H29N3O/c1-4-19(5-2)16-8-6-15(7-9-16)14-17(3,18)20-10-12-21-13-11-20/h6-9H,4-5,10-14,18H2,1-3H3. The first kappa shape index (κ1) is 16.3. The van der Waals surface area contributed by atoms with E-state index in [1.807, 2.05) is 0 Å². The smallest absolute Gasteiger partial charge is 0.0701 e. The molecular weight excluding hydrogens is 262 g/mol. The molecule has 1 unspecified atom stereocenters. The molecule has 0 aliphatic carbocycles. The van der Waals surface area contributed by atoms with Crippen LogP contribution in [0.4, 0.5) is 5.69 Å². The van der Waals surface area contributed by atoms with Gasteiger partial charge in [-0.25, -0.2) is 0 Å². The molecule has 1 aromatic carbocycles. The topological polar surface area (TPSA) is 41.7 Å². The number of hydrogen-bond acceptors (Lipinski definition) is 4. The molecular formula is C17H29N3O. The zero-order valence-electron chi connectivity index (χ0n) is 13.6. The molecule has 0 saturated carbocycles. The Morgan fingerprint density at radius 2 is 1.71 bits per heavy atom. The number of nitrogens with two attached hydrogens (primary N) is 1. The third-order valence-corrected chi connectivity index (χ3v) is 4.36. The van der Waals surface area contributed by atoms with Crippen LogP contribution in [0.3, 0.4) is 0 Å². The van der Waals surface area contributed by atoms with Crippen LogP contribution in [-0.2, 0) is 11.2 Å². The molecule has 1 fully saturated rings. The van der Waals surface area contributed by atoms with Crippen LogP contribution in [0.1, 0.15) is 26.3 Å². The van der Waals surface area contributed by atoms with Gasteiger partial charge in [-0.05, 0) is 38.5 Å². The van der Waals surface area contributed by atoms with Gasteiger partial charge in [0.05, 0.1) is 18.9 Å². The van der Waals surface area contributed by atoms with Gasteiger partial charge >= 0.3 is 0 Å². The Labute approximate surface area is 128 Å². The van der Waals surface area contributed by atoms with Crippen LogP contribution in [0, 0.1) is 0 Å². The predicted octanol–water partition coefficient (Wildman–Crippen LogP) is 2.08. The number of ether oxygens (including phenoxy) is 1. The largest absolute Gasteiger partial charge is 0.379 e. The van der Waals surface area contributed by atoms with Crippen molar-refractivity contribution in [2.75, 3.05) is 44.3 Å². The van der Waals surface area contributed by atoms with E-state index in [4.69, 9.17) is 10.5 Å². The lowest BCUT2D eigenvalue weighted by Crippen LogP contribution is -2.58. The lowest BCUT2D eigenvalue weighted by atomic mass is 9.99. The van der Waals surface area contributed by atoms with Crippen molar-refractivity contribution in [3.8, 4) is 0 Å². The molecule has 118 valence electrons. The third-order valence-electron chi connectivity index (χ3n) is 4.36. The summed E-state index contributed by atoms with van der Waals surface area (Å²) in [6.07, 6.45) is 0.867. The summed E-state index contributed by atoms with van der Waals surface area (Å²) in [5.74, 6) is 0. The van der Waals surface area contributed by atoms with Crippen molar-refractivity contribution >= 4 is 5.69 Å². The van der Waals surface area contributed by atoms with Crippen LogP contribution in [0.5, 0.6) is 0 Å². The minimum Gasteiger partial charge on any atom is -0.379 e. The number of rotatable bonds is 6. The summed E-state index contributed by atoms with van der Waals surface area (Å²) < 4.78 is 5.41. The zero-order chi connectivity index (χ0) is 15.3. The summed E-state index contributed by atoms with van der Waals surface area (Å²) in [4.78, 5) is 4.68. The highest BCUT2D eigenvalue weighted by molar-refractivity contribution is 5.47. The molecule has 0 bridgehead atoms. The number of anilines is 1. The Morgan fingerprint density at radius 3 is 2.24 bits per heavy atom. The molecule has 0 radical (unpaired) electrons. The van der Waals surface area contributed by atoms with Crippen molar-refractivity contribution < 1.29 is 4.74 Å². The van der Waals surface area contributed by atoms with Crippen molar-refractivity contribution in [1.82, 2.24) is 4.90 Å². The number of morpholine rings is 1. The minimum absolute atomic E-state index is 0.305. The normalized spacial score (nSPS) is 19.2. The van der Waals surface area contributed by atoms with Gasteiger partial charge in [-0.1, -0.05) is 12.1 Å². The summed E-state index contributed by atoms with van der Waals surface area (Å²) >= 11 is 0. The van der Waals surface area contributed by atoms with Crippen LogP contribution in [0.15, 0.2) is 24.3 Å². The van der Waals surface area contributed by atoms with Gasteiger partial charge in [-0.3, -0.25) is 4.90 Å². The van der Waals surface area contributed by atoms with Gasteiger partial charge in [0.2, 0.25) is 0 Å². The zero-order valence-corrected chi connectivity index (χ0v) is 13.6. The van der Waals surface area contributed by atoms with Crippen molar-refractivity contribution in [3.63, 3.8) is 0 Å². The number of hydrogen-bond donors (Lipinski definition) is 1. The monoisotopic (exact) mass is 291 g/mol. The van der Waals surface area contributed by atoms with E-state index in [0.717, 1.165) is 45.8 Å². The van der Waals surface area contributed by atoms with Gasteiger partial charge < -0.3 is 15.4 Å². The van der Waals surface area contributed by atoms with E-state index in [1.165, 1.54) is 11.3 Å². The summed E-state index contributed by atoms with van der Waals surface area (Å²) in [5, 5.41) is 0. The van der Waals surface area contributed by atoms with Gasteiger partial charge in [0.15, 0.2) is 0 Å². The number of benzene rings is 1. The van der Waals surface area contributed by atoms with E-state index >= 15 is 0 Å². The molecule has 1 aromatic rings. The molecule has 0 amide bonds. The van der Waals surface area contributed by atoms with Crippen LogP contribution < -0.4 is 10.6 Å². The van der Waals surface area contributed by atoms with Gasteiger partial charge in [0.25, 0.3) is 0 Å². The van der Waals surface area contributed by atoms with Crippen LogP contribution in [-0.4, -0.2) is 50.0 Å². The third kappa shape index (κ3) is 4.19. The SMILES string of the molecule is CCN(CC)c1ccc(CC(C)(N)N2CCOCC2)cc1. The average Bonchev–Trinajstić information content (AvgIpc) is 2.51. The molecule has 21 heavy (non-hydrogen) atoms. The van der Waals surface area contributed by atoms with E-state index in [-0.39, 0.29) is 5.66 Å². The Balaban J connectivity index is 2.01. The van der Waals surface area contributed by atoms with E-state index in [1.54, 1.807) is 0 Å². The lowest BCUT2D eigenvalue weighted by molar-refractivity contribution is -0.0142. The van der Waals surface area contributed by atoms with E-state index < -0.39 is 0 Å². The van der Waals surface area contributed by atoms with Crippen molar-refractivity contribution in [2.45, 2.75) is 32.9 Å². The molecule has 4 heteroatoms.